The minimum absolute atomic E-state index is 0.165. The number of aromatic hydroxyl groups is 1. The van der Waals surface area contributed by atoms with Gasteiger partial charge in [-0.2, -0.15) is 0 Å². The lowest BCUT2D eigenvalue weighted by atomic mass is 10.1. The molecule has 0 saturated carbocycles. The third-order valence-electron chi connectivity index (χ3n) is 2.49. The predicted molar refractivity (Wildman–Crippen MR) is 62.7 cm³/mol. The van der Waals surface area contributed by atoms with Crippen molar-refractivity contribution < 1.29 is 14.9 Å². The zero-order chi connectivity index (χ0) is 12.0. The molecule has 1 unspecified atom stereocenters. The van der Waals surface area contributed by atoms with Crippen LogP contribution in [0.2, 0.25) is 0 Å². The number of hydrogen-bond donors (Lipinski definition) is 3. The number of aliphatic hydroxyl groups excluding tert-OH is 1. The van der Waals surface area contributed by atoms with Gasteiger partial charge in [0, 0.05) is 24.8 Å². The molecule has 0 aliphatic heterocycles. The van der Waals surface area contributed by atoms with E-state index in [2.05, 4.69) is 5.32 Å². The molecule has 0 aliphatic carbocycles. The molecule has 1 rings (SSSR count). The monoisotopic (exact) mass is 225 g/mol. The van der Waals surface area contributed by atoms with Gasteiger partial charge in [0.15, 0.2) is 0 Å². The SMILES string of the molecule is COc1ccc(O)c(CNC(C)CCO)c1. The zero-order valence-corrected chi connectivity index (χ0v) is 9.73. The molecule has 0 radical (unpaired) electrons. The quantitative estimate of drug-likeness (QED) is 0.682. The van der Waals surface area contributed by atoms with E-state index in [1.165, 1.54) is 0 Å². The summed E-state index contributed by atoms with van der Waals surface area (Å²) in [6, 6.07) is 5.35. The highest BCUT2D eigenvalue weighted by Gasteiger charge is 2.05. The van der Waals surface area contributed by atoms with Crippen LogP contribution in [0.4, 0.5) is 0 Å². The van der Waals surface area contributed by atoms with Crippen LogP contribution in [0.1, 0.15) is 18.9 Å². The number of nitrogens with one attached hydrogen (secondary N) is 1. The fourth-order valence-electron chi connectivity index (χ4n) is 1.41. The number of phenolic OH excluding ortho intramolecular Hbond substituents is 1. The van der Waals surface area contributed by atoms with Crippen LogP contribution in [0.5, 0.6) is 11.5 Å². The summed E-state index contributed by atoms with van der Waals surface area (Å²) < 4.78 is 5.09. The molecule has 4 heteroatoms. The van der Waals surface area contributed by atoms with Crippen molar-refractivity contribution in [3.05, 3.63) is 23.8 Å². The maximum atomic E-state index is 9.63. The predicted octanol–water partition coefficient (Wildman–Crippen LogP) is 1.26. The molecule has 1 aromatic carbocycles. The highest BCUT2D eigenvalue weighted by molar-refractivity contribution is 5.39. The van der Waals surface area contributed by atoms with Gasteiger partial charge in [-0.1, -0.05) is 0 Å². The number of phenols is 1. The van der Waals surface area contributed by atoms with Crippen LogP contribution in [0, 0.1) is 0 Å². The maximum absolute atomic E-state index is 9.63. The minimum atomic E-state index is 0.165. The molecular weight excluding hydrogens is 206 g/mol. The number of aliphatic hydroxyl groups is 1. The summed E-state index contributed by atoms with van der Waals surface area (Å²) in [4.78, 5) is 0. The summed E-state index contributed by atoms with van der Waals surface area (Å²) in [5.74, 6) is 0.980. The third kappa shape index (κ3) is 3.72. The lowest BCUT2D eigenvalue weighted by molar-refractivity contribution is 0.268. The van der Waals surface area contributed by atoms with Gasteiger partial charge in [-0.25, -0.2) is 0 Å². The Morgan fingerprint density at radius 2 is 2.19 bits per heavy atom. The molecule has 0 saturated heterocycles. The van der Waals surface area contributed by atoms with Crippen LogP contribution in [-0.4, -0.2) is 30.0 Å². The van der Waals surface area contributed by atoms with E-state index < -0.39 is 0 Å². The fraction of sp³-hybridized carbons (Fsp3) is 0.500. The first-order valence-electron chi connectivity index (χ1n) is 5.37. The lowest BCUT2D eigenvalue weighted by Crippen LogP contribution is -2.26. The number of hydrogen-bond acceptors (Lipinski definition) is 4. The molecule has 3 N–H and O–H groups in total. The summed E-state index contributed by atoms with van der Waals surface area (Å²) in [5, 5.41) is 21.6. The van der Waals surface area contributed by atoms with Gasteiger partial charge in [0.05, 0.1) is 7.11 Å². The van der Waals surface area contributed by atoms with Crippen molar-refractivity contribution in [1.29, 1.82) is 0 Å². The Hall–Kier alpha value is -1.26. The number of benzene rings is 1. The second kappa shape index (κ2) is 6.35. The van der Waals surface area contributed by atoms with Crippen molar-refractivity contribution in [3.63, 3.8) is 0 Å². The topological polar surface area (TPSA) is 61.7 Å². The molecule has 0 bridgehead atoms. The Bertz CT molecular complexity index is 328. The first-order chi connectivity index (χ1) is 7.67. The van der Waals surface area contributed by atoms with Crippen molar-refractivity contribution in [3.8, 4) is 11.5 Å². The average molecular weight is 225 g/mol. The summed E-state index contributed by atoms with van der Waals surface area (Å²) in [5.41, 5.74) is 0.795. The van der Waals surface area contributed by atoms with Gasteiger partial charge in [0.2, 0.25) is 0 Å². The molecule has 0 spiro atoms. The molecule has 0 heterocycles. The molecule has 0 aliphatic rings. The largest absolute Gasteiger partial charge is 0.508 e. The molecule has 90 valence electrons. The van der Waals surface area contributed by atoms with Crippen LogP contribution < -0.4 is 10.1 Å². The molecule has 0 amide bonds. The summed E-state index contributed by atoms with van der Waals surface area (Å²) in [6.07, 6.45) is 0.699. The average Bonchev–Trinajstić information content (AvgIpc) is 2.28. The molecule has 16 heavy (non-hydrogen) atoms. The number of rotatable bonds is 6. The van der Waals surface area contributed by atoms with Crippen molar-refractivity contribution in [2.24, 2.45) is 0 Å². The van der Waals surface area contributed by atoms with Crippen LogP contribution in [0.25, 0.3) is 0 Å². The summed E-state index contributed by atoms with van der Waals surface area (Å²) in [6.45, 7) is 2.72. The zero-order valence-electron chi connectivity index (χ0n) is 9.73. The minimum Gasteiger partial charge on any atom is -0.508 e. The smallest absolute Gasteiger partial charge is 0.120 e. The molecule has 4 nitrogen and oxygen atoms in total. The second-order valence-corrected chi connectivity index (χ2v) is 3.79. The van der Waals surface area contributed by atoms with Crippen LogP contribution >= 0.6 is 0 Å². The van der Waals surface area contributed by atoms with E-state index in [0.29, 0.717) is 13.0 Å². The number of ether oxygens (including phenoxy) is 1. The van der Waals surface area contributed by atoms with Gasteiger partial charge in [0.25, 0.3) is 0 Å². The van der Waals surface area contributed by atoms with Gasteiger partial charge in [0.1, 0.15) is 11.5 Å². The molecule has 0 fully saturated rings. The molecule has 1 atom stereocenters. The van der Waals surface area contributed by atoms with Gasteiger partial charge >= 0.3 is 0 Å². The normalized spacial score (nSPS) is 12.4. The molecule has 0 aromatic heterocycles. The highest BCUT2D eigenvalue weighted by atomic mass is 16.5. The Kier molecular flexibility index (Phi) is 5.08. The van der Waals surface area contributed by atoms with E-state index >= 15 is 0 Å². The second-order valence-electron chi connectivity index (χ2n) is 3.79. The van der Waals surface area contributed by atoms with Gasteiger partial charge < -0.3 is 20.3 Å². The van der Waals surface area contributed by atoms with Crippen LogP contribution in [-0.2, 0) is 6.54 Å². The van der Waals surface area contributed by atoms with Crippen molar-refractivity contribution in [2.45, 2.75) is 25.9 Å². The summed E-state index contributed by atoms with van der Waals surface area (Å²) in [7, 11) is 1.60. The van der Waals surface area contributed by atoms with E-state index in [9.17, 15) is 5.11 Å². The van der Waals surface area contributed by atoms with E-state index in [0.717, 1.165) is 11.3 Å². The van der Waals surface area contributed by atoms with E-state index in [-0.39, 0.29) is 18.4 Å². The summed E-state index contributed by atoms with van der Waals surface area (Å²) >= 11 is 0. The van der Waals surface area contributed by atoms with Crippen LogP contribution in [0.3, 0.4) is 0 Å². The molecular formula is C12H19NO3. The highest BCUT2D eigenvalue weighted by Crippen LogP contribution is 2.22. The Morgan fingerprint density at radius 1 is 1.44 bits per heavy atom. The van der Waals surface area contributed by atoms with E-state index in [1.807, 2.05) is 6.92 Å². The van der Waals surface area contributed by atoms with Crippen LogP contribution in [0.15, 0.2) is 18.2 Å². The first kappa shape index (κ1) is 12.8. The van der Waals surface area contributed by atoms with Gasteiger partial charge in [-0.05, 0) is 31.5 Å². The third-order valence-corrected chi connectivity index (χ3v) is 2.49. The first-order valence-corrected chi connectivity index (χ1v) is 5.37. The molecule has 1 aromatic rings. The van der Waals surface area contributed by atoms with E-state index in [4.69, 9.17) is 9.84 Å². The van der Waals surface area contributed by atoms with Crippen molar-refractivity contribution in [2.75, 3.05) is 13.7 Å². The standard InChI is InChI=1S/C12H19NO3/c1-9(5-6-14)13-8-10-7-11(16-2)3-4-12(10)15/h3-4,7,9,13-15H,5-6,8H2,1-2H3. The lowest BCUT2D eigenvalue weighted by Gasteiger charge is -2.13. The van der Waals surface area contributed by atoms with Crippen molar-refractivity contribution >= 4 is 0 Å². The van der Waals surface area contributed by atoms with Crippen molar-refractivity contribution in [1.82, 2.24) is 5.32 Å². The fourth-order valence-corrected chi connectivity index (χ4v) is 1.41. The Morgan fingerprint density at radius 3 is 2.81 bits per heavy atom. The Labute approximate surface area is 95.9 Å². The van der Waals surface area contributed by atoms with Gasteiger partial charge in [-0.15, -0.1) is 0 Å². The maximum Gasteiger partial charge on any atom is 0.120 e. The van der Waals surface area contributed by atoms with Gasteiger partial charge in [-0.3, -0.25) is 0 Å². The Balaban J connectivity index is 2.58. The number of methoxy groups -OCH3 is 1. The van der Waals surface area contributed by atoms with E-state index in [1.54, 1.807) is 25.3 Å².